The van der Waals surface area contributed by atoms with Crippen molar-refractivity contribution in [2.45, 2.75) is 39.2 Å². The van der Waals surface area contributed by atoms with Crippen LogP contribution in [-0.2, 0) is 4.74 Å². The summed E-state index contributed by atoms with van der Waals surface area (Å²) in [5.41, 5.74) is 5.76. The van der Waals surface area contributed by atoms with Crippen molar-refractivity contribution in [2.75, 3.05) is 32.8 Å². The van der Waals surface area contributed by atoms with Crippen molar-refractivity contribution in [3.63, 3.8) is 0 Å². The molecule has 1 saturated heterocycles. The molecule has 0 aliphatic carbocycles. The Kier molecular flexibility index (Phi) is 6.22. The molecule has 0 aromatic carbocycles. The van der Waals surface area contributed by atoms with Gasteiger partial charge in [-0.1, -0.05) is 20.3 Å². The number of nitrogens with zero attached hydrogens (tertiary/aromatic N) is 1. The summed E-state index contributed by atoms with van der Waals surface area (Å²) in [5, 5.41) is 0. The topological polar surface area (TPSA) is 38.5 Å². The lowest BCUT2D eigenvalue weighted by Crippen LogP contribution is -2.45. The number of likely N-dealkylation sites (tertiary alicyclic amines) is 1. The van der Waals surface area contributed by atoms with Crippen molar-refractivity contribution in [1.82, 2.24) is 4.90 Å². The molecule has 3 heteroatoms. The molecule has 15 heavy (non-hydrogen) atoms. The molecule has 1 atom stereocenters. The molecule has 0 saturated carbocycles. The first-order valence-corrected chi connectivity index (χ1v) is 6.26. The molecule has 1 rings (SSSR count). The van der Waals surface area contributed by atoms with Crippen LogP contribution in [0.3, 0.4) is 0 Å². The van der Waals surface area contributed by atoms with Crippen LogP contribution < -0.4 is 5.73 Å². The third kappa shape index (κ3) is 4.96. The zero-order valence-electron chi connectivity index (χ0n) is 10.2. The predicted octanol–water partition coefficient (Wildman–Crippen LogP) is 1.47. The summed E-state index contributed by atoms with van der Waals surface area (Å²) in [5.74, 6) is 0.636. The minimum Gasteiger partial charge on any atom is -0.380 e. The molecule has 0 aromatic heterocycles. The highest BCUT2D eigenvalue weighted by molar-refractivity contribution is 4.77. The second-order valence-corrected chi connectivity index (χ2v) is 4.89. The minimum absolute atomic E-state index is 0.599. The summed E-state index contributed by atoms with van der Waals surface area (Å²) in [6, 6.07) is 0.599. The highest BCUT2D eigenvalue weighted by Gasteiger charge is 2.20. The fraction of sp³-hybridized carbons (Fsp3) is 1.00. The quantitative estimate of drug-likeness (QED) is 0.681. The lowest BCUT2D eigenvalue weighted by atomic mass is 10.0. The summed E-state index contributed by atoms with van der Waals surface area (Å²) < 4.78 is 5.61. The minimum atomic E-state index is 0.599. The smallest absolute Gasteiger partial charge is 0.0593 e. The van der Waals surface area contributed by atoms with Crippen LogP contribution in [0, 0.1) is 5.92 Å². The van der Waals surface area contributed by atoms with Gasteiger partial charge >= 0.3 is 0 Å². The molecule has 1 aliphatic rings. The van der Waals surface area contributed by atoms with Crippen molar-refractivity contribution in [3.8, 4) is 0 Å². The fourth-order valence-electron chi connectivity index (χ4n) is 2.12. The van der Waals surface area contributed by atoms with Crippen molar-refractivity contribution in [2.24, 2.45) is 11.7 Å². The van der Waals surface area contributed by atoms with Gasteiger partial charge in [0.2, 0.25) is 0 Å². The summed E-state index contributed by atoms with van der Waals surface area (Å²) in [7, 11) is 0. The molecule has 2 N–H and O–H groups in total. The third-order valence-electron chi connectivity index (χ3n) is 3.00. The lowest BCUT2D eigenvalue weighted by molar-refractivity contribution is 0.0620. The second-order valence-electron chi connectivity index (χ2n) is 4.89. The van der Waals surface area contributed by atoms with Crippen LogP contribution in [0.2, 0.25) is 0 Å². The molecule has 1 unspecified atom stereocenters. The number of nitrogens with two attached hydrogens (primary N) is 1. The van der Waals surface area contributed by atoms with Gasteiger partial charge in [0.15, 0.2) is 0 Å². The highest BCUT2D eigenvalue weighted by atomic mass is 16.5. The van der Waals surface area contributed by atoms with E-state index in [-0.39, 0.29) is 0 Å². The van der Waals surface area contributed by atoms with E-state index in [1.54, 1.807) is 0 Å². The Bertz CT molecular complexity index is 162. The Balaban J connectivity index is 2.12. The number of hydrogen-bond donors (Lipinski definition) is 1. The van der Waals surface area contributed by atoms with E-state index in [2.05, 4.69) is 18.7 Å². The summed E-state index contributed by atoms with van der Waals surface area (Å²) in [6.07, 6.45) is 3.92. The molecular weight excluding hydrogens is 188 g/mol. The normalized spacial score (nSPS) is 23.6. The van der Waals surface area contributed by atoms with Crippen molar-refractivity contribution < 1.29 is 4.74 Å². The Morgan fingerprint density at radius 3 is 2.87 bits per heavy atom. The zero-order chi connectivity index (χ0) is 11.1. The van der Waals surface area contributed by atoms with Gasteiger partial charge in [0, 0.05) is 25.7 Å². The van der Waals surface area contributed by atoms with E-state index in [1.165, 1.54) is 25.8 Å². The van der Waals surface area contributed by atoms with Crippen molar-refractivity contribution >= 4 is 0 Å². The predicted molar refractivity (Wildman–Crippen MR) is 63.9 cm³/mol. The maximum atomic E-state index is 5.76. The van der Waals surface area contributed by atoms with Gasteiger partial charge in [-0.25, -0.2) is 0 Å². The van der Waals surface area contributed by atoms with E-state index in [9.17, 15) is 0 Å². The number of ether oxygens (including phenoxy) is 1. The zero-order valence-corrected chi connectivity index (χ0v) is 10.2. The van der Waals surface area contributed by atoms with E-state index in [4.69, 9.17) is 10.5 Å². The van der Waals surface area contributed by atoms with E-state index in [1.807, 2.05) is 0 Å². The van der Waals surface area contributed by atoms with Crippen LogP contribution in [0.1, 0.15) is 33.1 Å². The molecule has 0 spiro atoms. The van der Waals surface area contributed by atoms with E-state index in [0.29, 0.717) is 12.0 Å². The average Bonchev–Trinajstić information content (AvgIpc) is 2.24. The first-order chi connectivity index (χ1) is 7.24. The standard InChI is InChI=1S/C12H26N2O/c1-11(2)10-15-8-7-14-6-4-3-5-12(14)9-13/h11-12H,3-10,13H2,1-2H3. The van der Waals surface area contributed by atoms with Crippen LogP contribution in [0.5, 0.6) is 0 Å². The van der Waals surface area contributed by atoms with Gasteiger partial charge in [-0.05, 0) is 25.3 Å². The number of piperidine rings is 1. The van der Waals surface area contributed by atoms with Gasteiger partial charge in [-0.15, -0.1) is 0 Å². The molecule has 0 amide bonds. The first kappa shape index (κ1) is 12.9. The average molecular weight is 214 g/mol. The molecule has 0 aromatic rings. The van der Waals surface area contributed by atoms with Gasteiger partial charge in [0.1, 0.15) is 0 Å². The van der Waals surface area contributed by atoms with E-state index >= 15 is 0 Å². The largest absolute Gasteiger partial charge is 0.380 e. The van der Waals surface area contributed by atoms with Crippen molar-refractivity contribution in [3.05, 3.63) is 0 Å². The maximum Gasteiger partial charge on any atom is 0.0593 e. The summed E-state index contributed by atoms with van der Waals surface area (Å²) in [6.45, 7) is 9.15. The van der Waals surface area contributed by atoms with Crippen LogP contribution in [0.25, 0.3) is 0 Å². The Hall–Kier alpha value is -0.120. The molecule has 1 heterocycles. The molecule has 3 nitrogen and oxygen atoms in total. The maximum absolute atomic E-state index is 5.76. The highest BCUT2D eigenvalue weighted by Crippen LogP contribution is 2.15. The van der Waals surface area contributed by atoms with Crippen LogP contribution in [0.15, 0.2) is 0 Å². The van der Waals surface area contributed by atoms with Crippen LogP contribution in [0.4, 0.5) is 0 Å². The SMILES string of the molecule is CC(C)COCCN1CCCCC1CN. The van der Waals surface area contributed by atoms with Gasteiger partial charge in [-0.2, -0.15) is 0 Å². The summed E-state index contributed by atoms with van der Waals surface area (Å²) >= 11 is 0. The second kappa shape index (κ2) is 7.20. The van der Waals surface area contributed by atoms with Gasteiger partial charge < -0.3 is 10.5 Å². The number of hydrogen-bond acceptors (Lipinski definition) is 3. The van der Waals surface area contributed by atoms with Crippen molar-refractivity contribution in [1.29, 1.82) is 0 Å². The molecular formula is C12H26N2O. The fourth-order valence-corrected chi connectivity index (χ4v) is 2.12. The Morgan fingerprint density at radius 1 is 1.40 bits per heavy atom. The van der Waals surface area contributed by atoms with E-state index < -0.39 is 0 Å². The van der Waals surface area contributed by atoms with Gasteiger partial charge in [0.05, 0.1) is 6.61 Å². The van der Waals surface area contributed by atoms with Crippen LogP contribution in [-0.4, -0.2) is 43.8 Å². The van der Waals surface area contributed by atoms with Gasteiger partial charge in [-0.3, -0.25) is 4.90 Å². The third-order valence-corrected chi connectivity index (χ3v) is 3.00. The summed E-state index contributed by atoms with van der Waals surface area (Å²) in [4.78, 5) is 2.49. The molecule has 1 fully saturated rings. The van der Waals surface area contributed by atoms with Gasteiger partial charge in [0.25, 0.3) is 0 Å². The monoisotopic (exact) mass is 214 g/mol. The number of rotatable bonds is 6. The van der Waals surface area contributed by atoms with E-state index in [0.717, 1.165) is 26.3 Å². The molecule has 0 radical (unpaired) electrons. The lowest BCUT2D eigenvalue weighted by Gasteiger charge is -2.34. The first-order valence-electron chi connectivity index (χ1n) is 6.26. The van der Waals surface area contributed by atoms with Crippen LogP contribution >= 0.6 is 0 Å². The Morgan fingerprint density at radius 2 is 2.20 bits per heavy atom. The molecule has 0 bridgehead atoms. The molecule has 90 valence electrons. The molecule has 1 aliphatic heterocycles. The Labute approximate surface area is 94.0 Å².